The van der Waals surface area contributed by atoms with Crippen molar-refractivity contribution in [2.75, 3.05) is 0 Å². The molecule has 4 aromatic rings. The molecule has 4 rings (SSSR count). The summed E-state index contributed by atoms with van der Waals surface area (Å²) < 4.78 is 0. The molecule has 474 valence electrons. The van der Waals surface area contributed by atoms with Gasteiger partial charge in [-0.1, -0.05) is 202 Å². The minimum absolute atomic E-state index is 0. The molecule has 0 aliphatic carbocycles. The molecule has 0 saturated carbocycles. The number of hydrogen-bond donors (Lipinski definition) is 4. The molecule has 11 heteroatoms. The van der Waals surface area contributed by atoms with Gasteiger partial charge in [0.05, 0.1) is 29.0 Å². The van der Waals surface area contributed by atoms with Gasteiger partial charge in [0.2, 0.25) is 0 Å². The van der Waals surface area contributed by atoms with Gasteiger partial charge in [-0.05, 0) is 184 Å². The van der Waals surface area contributed by atoms with Crippen LogP contribution in [0, 0.1) is 25.7 Å². The maximum Gasteiger partial charge on any atom is 2.00 e. The Bertz CT molecular complexity index is 2550. The van der Waals surface area contributed by atoms with Crippen LogP contribution in [-0.2, 0) is 58.9 Å². The molecule has 4 aromatic carbocycles. The Morgan fingerprint density at radius 2 is 0.741 bits per heavy atom. The Kier molecular flexibility index (Phi) is 42.7. The third kappa shape index (κ3) is 30.7. The number of benzene rings is 4. The largest absolute Gasteiger partial charge is 2.00 e. The monoisotopic (exact) mass is 1260 g/mol. The summed E-state index contributed by atoms with van der Waals surface area (Å²) in [6.45, 7) is 20.5. The first kappa shape index (κ1) is 77.6. The van der Waals surface area contributed by atoms with Crippen molar-refractivity contribution < 1.29 is 60.7 Å². The number of carboxylic acid groups (broad SMARTS) is 2. The number of carboxylic acids is 2. The molecule has 0 aliphatic heterocycles. The standard InChI is InChI=1S/C54H88N2.2C10H12O4.Pd/c1-7-13-19-20-21-22-23-24-25-26-27-28-29-30-31-32-33-34-40-54(56-52-45-49(37-16-10-4)42-50(46-52)38-17-11-5)53(39-18-12-6)55-51-43-47(35-14-8-2)41-48(44-51)36-15-9-3;2*1-3-6-4-7(11)9(12)8(5(6)2)10(13)14;/h41-46H,7-33,35-39H2,1-6H3;2*4,11-12H,3H2,1-2H3,(H,13,14);/q;;;+2/p-2. The molecule has 0 radical (unpaired) electrons. The van der Waals surface area contributed by atoms with Crippen LogP contribution in [0.25, 0.3) is 0 Å². The number of carbonyl (C=O) groups excluding carboxylic acids is 2. The summed E-state index contributed by atoms with van der Waals surface area (Å²) in [5, 5.41) is 58.4. The van der Waals surface area contributed by atoms with Crippen LogP contribution in [0.3, 0.4) is 0 Å². The smallest absolute Gasteiger partial charge is 0.545 e. The second-order valence-corrected chi connectivity index (χ2v) is 23.0. The molecule has 0 fully saturated rings. The molecule has 4 N–H and O–H groups in total. The zero-order valence-electron chi connectivity index (χ0n) is 54.3. The summed E-state index contributed by atoms with van der Waals surface area (Å²) in [4.78, 5) is 32.2. The van der Waals surface area contributed by atoms with E-state index in [9.17, 15) is 40.2 Å². The summed E-state index contributed by atoms with van der Waals surface area (Å²) in [5.41, 5.74) is 11.3. The maximum absolute atomic E-state index is 10.7. The number of aryl methyl sites for hydroxylation is 6. The minimum atomic E-state index is -1.48. The van der Waals surface area contributed by atoms with Gasteiger partial charge in [-0.25, -0.2) is 4.99 Å². The van der Waals surface area contributed by atoms with Gasteiger partial charge < -0.3 is 40.2 Å². The number of hydrogen-bond acceptors (Lipinski definition) is 10. The molecule has 0 aliphatic rings. The summed E-state index contributed by atoms with van der Waals surface area (Å²) in [6, 6.07) is 16.9. The molecule has 0 saturated heterocycles. The van der Waals surface area contributed by atoms with Gasteiger partial charge >= 0.3 is 20.4 Å². The summed E-state index contributed by atoms with van der Waals surface area (Å²) in [6.07, 6.45) is 41.7. The molecule has 0 unspecified atom stereocenters. The molecule has 85 heavy (non-hydrogen) atoms. The molecular weight excluding hydrogens is 1150 g/mol. The van der Waals surface area contributed by atoms with Crippen molar-refractivity contribution >= 4 is 34.7 Å². The van der Waals surface area contributed by atoms with E-state index in [1.165, 1.54) is 188 Å². The number of nitrogens with zero attached hydrogens (tertiary/aromatic N) is 2. The number of aliphatic imine (C=N–C) groups is 2. The predicted molar refractivity (Wildman–Crippen MR) is 349 cm³/mol. The van der Waals surface area contributed by atoms with Crippen LogP contribution in [0.15, 0.2) is 58.5 Å². The number of rotatable bonds is 38. The van der Waals surface area contributed by atoms with Crippen molar-refractivity contribution in [1.29, 1.82) is 0 Å². The average Bonchev–Trinajstić information content (AvgIpc) is 3.55. The normalized spacial score (nSPS) is 11.2. The van der Waals surface area contributed by atoms with Crippen molar-refractivity contribution in [2.24, 2.45) is 9.98 Å². The van der Waals surface area contributed by atoms with Crippen molar-refractivity contribution in [1.82, 2.24) is 0 Å². The van der Waals surface area contributed by atoms with Crippen molar-refractivity contribution in [3.63, 3.8) is 0 Å². The van der Waals surface area contributed by atoms with Crippen LogP contribution in [0.1, 0.15) is 300 Å². The van der Waals surface area contributed by atoms with Crippen LogP contribution in [0.2, 0.25) is 0 Å². The van der Waals surface area contributed by atoms with Gasteiger partial charge in [0.1, 0.15) is 5.71 Å². The number of aromatic carboxylic acids is 2. The fourth-order valence-corrected chi connectivity index (χ4v) is 10.5. The molecule has 0 spiro atoms. The van der Waals surface area contributed by atoms with Crippen LogP contribution < -0.4 is 10.2 Å². The molecule has 0 heterocycles. The van der Waals surface area contributed by atoms with Crippen LogP contribution in [0.4, 0.5) is 11.4 Å². The zero-order chi connectivity index (χ0) is 62.1. The van der Waals surface area contributed by atoms with E-state index < -0.39 is 34.9 Å². The third-order valence-electron chi connectivity index (χ3n) is 15.7. The molecule has 0 amide bonds. The van der Waals surface area contributed by atoms with Crippen molar-refractivity contribution in [3.8, 4) is 34.8 Å². The van der Waals surface area contributed by atoms with E-state index in [-0.39, 0.29) is 31.5 Å². The topological polar surface area (TPSA) is 186 Å². The summed E-state index contributed by atoms with van der Waals surface area (Å²) >= 11 is 0. The molecule has 0 bridgehead atoms. The first-order chi connectivity index (χ1) is 40.5. The number of aromatic hydroxyl groups is 4. The van der Waals surface area contributed by atoms with E-state index in [0.717, 1.165) is 74.2 Å². The number of phenolic OH excluding ortho intramolecular Hbond substituents is 2. The second kappa shape index (κ2) is 46.8. The molecule has 0 atom stereocenters. The molecule has 0 aromatic heterocycles. The van der Waals surface area contributed by atoms with E-state index in [0.29, 0.717) is 35.1 Å². The van der Waals surface area contributed by atoms with Gasteiger partial charge in [0, 0.05) is 17.5 Å². The maximum atomic E-state index is 10.7. The Labute approximate surface area is 529 Å². The fourth-order valence-electron chi connectivity index (χ4n) is 10.5. The molecule has 10 nitrogen and oxygen atoms in total. The average molecular weight is 1260 g/mol. The van der Waals surface area contributed by atoms with Gasteiger partial charge in [0.25, 0.3) is 0 Å². The van der Waals surface area contributed by atoms with Gasteiger partial charge in [-0.2, -0.15) is 0 Å². The Morgan fingerprint density at radius 3 is 1.06 bits per heavy atom. The Balaban J connectivity index is 0.00000100. The number of phenols is 4. The SMILES string of the molecule is CCCCCCCCCCCCCCCCCCC#CC(=Nc1cc(CCCC)cc(CCCC)c1)C(CCCC)=Nc1cc(CCCC)cc(CCCC)c1.CCc1cc(O)c(O)c(C(=O)[O-])c1C.CCc1cc(O)c(O)c(C(=O)[O-])c1C.[Pd+2]. The van der Waals surface area contributed by atoms with Crippen LogP contribution in [0.5, 0.6) is 23.0 Å². The second-order valence-electron chi connectivity index (χ2n) is 23.0. The summed E-state index contributed by atoms with van der Waals surface area (Å²) in [7, 11) is 0. The van der Waals surface area contributed by atoms with Crippen LogP contribution in [-0.4, -0.2) is 43.8 Å². The van der Waals surface area contributed by atoms with Crippen LogP contribution >= 0.6 is 0 Å². The van der Waals surface area contributed by atoms with E-state index in [1.807, 2.05) is 13.8 Å². The van der Waals surface area contributed by atoms with E-state index in [2.05, 4.69) is 89.8 Å². The fraction of sp³-hybridized carbons (Fsp3) is 0.595. The van der Waals surface area contributed by atoms with E-state index >= 15 is 0 Å². The van der Waals surface area contributed by atoms with Crippen molar-refractivity contribution in [3.05, 3.63) is 104 Å². The number of carbonyl (C=O) groups is 2. The number of unbranched alkanes of at least 4 members (excludes halogenated alkanes) is 21. The zero-order valence-corrected chi connectivity index (χ0v) is 55.8. The Hall–Kier alpha value is -5.42. The first-order valence-electron chi connectivity index (χ1n) is 33.0. The van der Waals surface area contributed by atoms with Crippen molar-refractivity contribution in [2.45, 2.75) is 288 Å². The predicted octanol–water partition coefficient (Wildman–Crippen LogP) is 18.4. The van der Waals surface area contributed by atoms with Gasteiger partial charge in [0.15, 0.2) is 23.0 Å². The third-order valence-corrected chi connectivity index (χ3v) is 15.7. The minimum Gasteiger partial charge on any atom is -0.545 e. The van der Waals surface area contributed by atoms with E-state index in [1.54, 1.807) is 13.8 Å². The quantitative estimate of drug-likeness (QED) is 0.0112. The van der Waals surface area contributed by atoms with E-state index in [4.69, 9.17) is 9.98 Å². The van der Waals surface area contributed by atoms with Gasteiger partial charge in [-0.15, -0.1) is 0 Å². The van der Waals surface area contributed by atoms with Gasteiger partial charge in [-0.3, -0.25) is 4.99 Å². The Morgan fingerprint density at radius 1 is 0.424 bits per heavy atom. The summed E-state index contributed by atoms with van der Waals surface area (Å²) in [5.74, 6) is 2.19. The molecular formula is C74H110N2O8Pd. The first-order valence-corrected chi connectivity index (χ1v) is 33.0.